The number of imidazole rings is 1. The summed E-state index contributed by atoms with van der Waals surface area (Å²) in [4.78, 5) is 23.1. The third-order valence-corrected chi connectivity index (χ3v) is 5.37. The second-order valence-electron chi connectivity index (χ2n) is 6.43. The highest BCUT2D eigenvalue weighted by Gasteiger charge is 2.32. The molecule has 0 radical (unpaired) electrons. The van der Waals surface area contributed by atoms with E-state index in [0.717, 1.165) is 47.6 Å². The van der Waals surface area contributed by atoms with E-state index in [1.54, 1.807) is 11.8 Å². The molecule has 4 rings (SSSR count). The van der Waals surface area contributed by atoms with Crippen LogP contribution in [0.2, 0.25) is 0 Å². The molecular weight excluding hydrogens is 330 g/mol. The quantitative estimate of drug-likeness (QED) is 0.758. The molecule has 2 aromatic carbocycles. The van der Waals surface area contributed by atoms with E-state index in [1.165, 1.54) is 5.56 Å². The summed E-state index contributed by atoms with van der Waals surface area (Å²) in [6, 6.07) is 16.0. The van der Waals surface area contributed by atoms with Gasteiger partial charge < -0.3 is 9.88 Å². The molecule has 0 bridgehead atoms. The summed E-state index contributed by atoms with van der Waals surface area (Å²) in [5.41, 5.74) is 3.99. The molecule has 0 aliphatic carbocycles. The van der Waals surface area contributed by atoms with Crippen molar-refractivity contribution in [1.82, 2.24) is 14.9 Å². The smallest absolute Gasteiger partial charge is 0.254 e. The van der Waals surface area contributed by atoms with Crippen LogP contribution in [-0.2, 0) is 5.75 Å². The molecule has 1 amide bonds. The van der Waals surface area contributed by atoms with Crippen molar-refractivity contribution in [1.29, 1.82) is 0 Å². The van der Waals surface area contributed by atoms with Crippen molar-refractivity contribution in [2.24, 2.45) is 0 Å². The van der Waals surface area contributed by atoms with E-state index in [-0.39, 0.29) is 11.9 Å². The number of hydrogen-bond acceptors (Lipinski definition) is 3. The first-order valence-electron chi connectivity index (χ1n) is 8.60. The van der Waals surface area contributed by atoms with Gasteiger partial charge in [-0.25, -0.2) is 4.98 Å². The van der Waals surface area contributed by atoms with E-state index in [0.29, 0.717) is 0 Å². The standard InChI is InChI=1S/C20H21N3OS/c1-25-13-14-8-10-15(11-9-14)20(24)23-12-4-7-18(23)19-21-16-5-2-3-6-17(16)22-19/h2-3,5-6,8-11,18H,4,7,12-13H2,1H3,(H,21,22). The monoisotopic (exact) mass is 351 g/mol. The number of hydrogen-bond donors (Lipinski definition) is 1. The molecule has 1 aromatic heterocycles. The molecule has 128 valence electrons. The normalized spacial score (nSPS) is 17.3. The lowest BCUT2D eigenvalue weighted by molar-refractivity contribution is 0.0730. The molecule has 4 nitrogen and oxygen atoms in total. The van der Waals surface area contributed by atoms with E-state index < -0.39 is 0 Å². The molecule has 1 aliphatic rings. The van der Waals surface area contributed by atoms with Crippen molar-refractivity contribution in [2.45, 2.75) is 24.6 Å². The third-order valence-electron chi connectivity index (χ3n) is 4.75. The van der Waals surface area contributed by atoms with Gasteiger partial charge in [-0.2, -0.15) is 11.8 Å². The summed E-state index contributed by atoms with van der Waals surface area (Å²) in [7, 11) is 0. The molecule has 1 saturated heterocycles. The lowest BCUT2D eigenvalue weighted by Gasteiger charge is -2.23. The van der Waals surface area contributed by atoms with Crippen LogP contribution in [0.15, 0.2) is 48.5 Å². The summed E-state index contributed by atoms with van der Waals surface area (Å²) >= 11 is 1.79. The number of nitrogens with one attached hydrogen (secondary N) is 1. The van der Waals surface area contributed by atoms with Gasteiger partial charge in [0, 0.05) is 17.9 Å². The number of rotatable bonds is 4. The Morgan fingerprint density at radius 2 is 2.04 bits per heavy atom. The molecular formula is C20H21N3OS. The van der Waals surface area contributed by atoms with Gasteiger partial charge in [-0.1, -0.05) is 24.3 Å². The van der Waals surface area contributed by atoms with Gasteiger partial charge in [0.05, 0.1) is 17.1 Å². The molecule has 0 spiro atoms. The lowest BCUT2D eigenvalue weighted by Crippen LogP contribution is -2.31. The molecule has 1 atom stereocenters. The number of benzene rings is 2. The van der Waals surface area contributed by atoms with Crippen LogP contribution in [0.1, 0.15) is 40.6 Å². The fourth-order valence-corrected chi connectivity index (χ4v) is 4.03. The molecule has 1 fully saturated rings. The minimum atomic E-state index is 0.0331. The van der Waals surface area contributed by atoms with Crippen LogP contribution >= 0.6 is 11.8 Å². The van der Waals surface area contributed by atoms with Gasteiger partial charge in [-0.15, -0.1) is 0 Å². The Hall–Kier alpha value is -2.27. The number of aromatic amines is 1. The van der Waals surface area contributed by atoms with E-state index in [4.69, 9.17) is 4.98 Å². The number of likely N-dealkylation sites (tertiary alicyclic amines) is 1. The summed E-state index contributed by atoms with van der Waals surface area (Å²) in [6.07, 6.45) is 4.05. The Balaban J connectivity index is 1.59. The lowest BCUT2D eigenvalue weighted by atomic mass is 10.1. The van der Waals surface area contributed by atoms with Crippen LogP contribution in [0.5, 0.6) is 0 Å². The van der Waals surface area contributed by atoms with Crippen molar-refractivity contribution in [3.8, 4) is 0 Å². The van der Waals surface area contributed by atoms with Crippen LogP contribution in [0.25, 0.3) is 11.0 Å². The van der Waals surface area contributed by atoms with Crippen LogP contribution < -0.4 is 0 Å². The van der Waals surface area contributed by atoms with Gasteiger partial charge in [0.2, 0.25) is 0 Å². The van der Waals surface area contributed by atoms with Gasteiger partial charge in [0.15, 0.2) is 0 Å². The van der Waals surface area contributed by atoms with Gasteiger partial charge in [0.25, 0.3) is 5.91 Å². The Labute approximate surface area is 151 Å². The zero-order chi connectivity index (χ0) is 17.2. The Morgan fingerprint density at radius 1 is 1.24 bits per heavy atom. The van der Waals surface area contributed by atoms with Gasteiger partial charge >= 0.3 is 0 Å². The first kappa shape index (κ1) is 16.2. The van der Waals surface area contributed by atoms with Crippen molar-refractivity contribution in [2.75, 3.05) is 12.8 Å². The van der Waals surface area contributed by atoms with Crippen molar-refractivity contribution < 1.29 is 4.79 Å². The average molecular weight is 351 g/mol. The Kier molecular flexibility index (Phi) is 4.49. The molecule has 25 heavy (non-hydrogen) atoms. The van der Waals surface area contributed by atoms with E-state index >= 15 is 0 Å². The highest BCUT2D eigenvalue weighted by atomic mass is 32.2. The van der Waals surface area contributed by atoms with Crippen LogP contribution in [0.3, 0.4) is 0 Å². The predicted octanol–water partition coefficient (Wildman–Crippen LogP) is 4.40. The maximum atomic E-state index is 13.0. The fourth-order valence-electron chi connectivity index (χ4n) is 3.50. The number of carbonyl (C=O) groups is 1. The molecule has 5 heteroatoms. The molecule has 1 aliphatic heterocycles. The first-order chi connectivity index (χ1) is 12.3. The summed E-state index contributed by atoms with van der Waals surface area (Å²) < 4.78 is 0. The molecule has 3 aromatic rings. The minimum absolute atomic E-state index is 0.0331. The SMILES string of the molecule is CSCc1ccc(C(=O)N2CCCC2c2nc3ccccc3[nH]2)cc1. The number of thioether (sulfide) groups is 1. The second kappa shape index (κ2) is 6.92. The molecule has 0 saturated carbocycles. The van der Waals surface area contributed by atoms with Crippen molar-refractivity contribution in [3.05, 3.63) is 65.5 Å². The third kappa shape index (κ3) is 3.16. The van der Waals surface area contributed by atoms with Crippen LogP contribution in [-0.4, -0.2) is 33.6 Å². The van der Waals surface area contributed by atoms with Crippen molar-refractivity contribution in [3.63, 3.8) is 0 Å². The largest absolute Gasteiger partial charge is 0.340 e. The highest BCUT2D eigenvalue weighted by molar-refractivity contribution is 7.97. The van der Waals surface area contributed by atoms with Gasteiger partial charge in [-0.3, -0.25) is 4.79 Å². The fraction of sp³-hybridized carbons (Fsp3) is 0.300. The first-order valence-corrected chi connectivity index (χ1v) is 9.99. The minimum Gasteiger partial charge on any atom is -0.340 e. The number of para-hydroxylation sites is 2. The van der Waals surface area contributed by atoms with E-state index in [2.05, 4.69) is 23.4 Å². The topological polar surface area (TPSA) is 49.0 Å². The molecule has 2 heterocycles. The van der Waals surface area contributed by atoms with E-state index in [1.807, 2.05) is 41.3 Å². The maximum Gasteiger partial charge on any atom is 0.254 e. The Morgan fingerprint density at radius 3 is 2.80 bits per heavy atom. The van der Waals surface area contributed by atoms with Crippen molar-refractivity contribution >= 4 is 28.7 Å². The zero-order valence-electron chi connectivity index (χ0n) is 14.2. The maximum absolute atomic E-state index is 13.0. The average Bonchev–Trinajstić information content (AvgIpc) is 3.28. The van der Waals surface area contributed by atoms with Crippen LogP contribution in [0, 0.1) is 0 Å². The van der Waals surface area contributed by atoms with Gasteiger partial charge in [-0.05, 0) is 48.9 Å². The Bertz CT molecular complexity index is 854. The molecule has 1 N–H and O–H groups in total. The predicted molar refractivity (Wildman–Crippen MR) is 103 cm³/mol. The summed E-state index contributed by atoms with van der Waals surface area (Å²) in [5.74, 6) is 1.96. The number of H-pyrrole nitrogens is 1. The number of carbonyl (C=O) groups excluding carboxylic acids is 1. The second-order valence-corrected chi connectivity index (χ2v) is 7.29. The number of aromatic nitrogens is 2. The number of nitrogens with zero attached hydrogens (tertiary/aromatic N) is 2. The summed E-state index contributed by atoms with van der Waals surface area (Å²) in [6.45, 7) is 0.785. The number of amides is 1. The summed E-state index contributed by atoms with van der Waals surface area (Å²) in [5, 5.41) is 0. The molecule has 1 unspecified atom stereocenters. The number of fused-ring (bicyclic) bond motifs is 1. The van der Waals surface area contributed by atoms with Gasteiger partial charge in [0.1, 0.15) is 5.82 Å². The highest BCUT2D eigenvalue weighted by Crippen LogP contribution is 2.32. The zero-order valence-corrected chi connectivity index (χ0v) is 15.1. The van der Waals surface area contributed by atoms with Crippen LogP contribution in [0.4, 0.5) is 0 Å². The van der Waals surface area contributed by atoms with E-state index in [9.17, 15) is 4.79 Å².